The van der Waals surface area contributed by atoms with Gasteiger partial charge in [0.05, 0.1) is 6.61 Å². The number of carbonyl (C=O) groups is 1. The van der Waals surface area contributed by atoms with Crippen LogP contribution in [0.4, 0.5) is 10.8 Å². The molecular formula is C18H24N4O2S2. The predicted octanol–water partition coefficient (Wildman–Crippen LogP) is 3.30. The summed E-state index contributed by atoms with van der Waals surface area (Å²) >= 11 is 3.01. The third kappa shape index (κ3) is 4.67. The summed E-state index contributed by atoms with van der Waals surface area (Å²) in [7, 11) is 0. The third-order valence-corrected chi connectivity index (χ3v) is 6.64. The molecule has 1 aliphatic rings. The van der Waals surface area contributed by atoms with Gasteiger partial charge in [0.1, 0.15) is 5.25 Å². The Morgan fingerprint density at radius 3 is 2.50 bits per heavy atom. The maximum atomic E-state index is 12.0. The van der Waals surface area contributed by atoms with E-state index in [0.29, 0.717) is 13.0 Å². The lowest BCUT2D eigenvalue weighted by Crippen LogP contribution is -2.46. The summed E-state index contributed by atoms with van der Waals surface area (Å²) in [6, 6.07) is 10.5. The molecule has 0 unspecified atom stereocenters. The number of ether oxygens (including phenoxy) is 1. The standard InChI is InChI=1S/C18H24N4O2S2/c1-3-15(16(23)24-4-2)25-18-20-19-17(26-18)22-12-10-21(11-13-22)14-8-6-5-7-9-14/h5-9,15H,3-4,10-13H2,1-2H3/t15-/m0/s1. The quantitative estimate of drug-likeness (QED) is 0.529. The lowest BCUT2D eigenvalue weighted by molar-refractivity contribution is -0.142. The largest absolute Gasteiger partial charge is 0.465 e. The van der Waals surface area contributed by atoms with E-state index < -0.39 is 0 Å². The summed E-state index contributed by atoms with van der Waals surface area (Å²) < 4.78 is 5.95. The van der Waals surface area contributed by atoms with Gasteiger partial charge in [0.25, 0.3) is 0 Å². The summed E-state index contributed by atoms with van der Waals surface area (Å²) in [5.74, 6) is -0.173. The SMILES string of the molecule is CCOC(=O)[C@H](CC)Sc1nnc(N2CCN(c3ccccc3)CC2)s1. The van der Waals surface area contributed by atoms with Crippen LogP contribution in [0.1, 0.15) is 20.3 Å². The van der Waals surface area contributed by atoms with Crippen LogP contribution in [0.3, 0.4) is 0 Å². The van der Waals surface area contributed by atoms with Gasteiger partial charge in [0.2, 0.25) is 5.13 Å². The van der Waals surface area contributed by atoms with Gasteiger partial charge in [-0.2, -0.15) is 0 Å². The number of piperazine rings is 1. The van der Waals surface area contributed by atoms with Crippen molar-refractivity contribution < 1.29 is 9.53 Å². The molecule has 140 valence electrons. The minimum Gasteiger partial charge on any atom is -0.465 e. The maximum absolute atomic E-state index is 12.0. The van der Waals surface area contributed by atoms with E-state index in [-0.39, 0.29) is 11.2 Å². The highest BCUT2D eigenvalue weighted by Crippen LogP contribution is 2.33. The zero-order valence-corrected chi connectivity index (χ0v) is 16.8. The lowest BCUT2D eigenvalue weighted by Gasteiger charge is -2.35. The van der Waals surface area contributed by atoms with Crippen LogP contribution in [0, 0.1) is 0 Å². The summed E-state index contributed by atoms with van der Waals surface area (Å²) in [6.07, 6.45) is 0.716. The number of thioether (sulfide) groups is 1. The van der Waals surface area contributed by atoms with Crippen LogP contribution in [-0.2, 0) is 9.53 Å². The van der Waals surface area contributed by atoms with Gasteiger partial charge in [0, 0.05) is 31.9 Å². The fourth-order valence-electron chi connectivity index (χ4n) is 2.83. The molecule has 6 nitrogen and oxygen atoms in total. The molecule has 0 saturated carbocycles. The smallest absolute Gasteiger partial charge is 0.319 e. The lowest BCUT2D eigenvalue weighted by atomic mass is 10.2. The van der Waals surface area contributed by atoms with Crippen molar-refractivity contribution in [3.63, 3.8) is 0 Å². The number of aromatic nitrogens is 2. The van der Waals surface area contributed by atoms with E-state index in [9.17, 15) is 4.79 Å². The molecule has 1 fully saturated rings. The first-order valence-electron chi connectivity index (χ1n) is 8.93. The molecule has 0 aliphatic carbocycles. The number of hydrogen-bond acceptors (Lipinski definition) is 8. The van der Waals surface area contributed by atoms with Gasteiger partial charge in [-0.15, -0.1) is 10.2 Å². The molecule has 2 heterocycles. The maximum Gasteiger partial charge on any atom is 0.319 e. The van der Waals surface area contributed by atoms with Crippen molar-refractivity contribution in [3.8, 4) is 0 Å². The predicted molar refractivity (Wildman–Crippen MR) is 107 cm³/mol. The summed E-state index contributed by atoms with van der Waals surface area (Å²) in [4.78, 5) is 16.6. The molecule has 0 bridgehead atoms. The van der Waals surface area contributed by atoms with Crippen LogP contribution in [0.15, 0.2) is 34.7 Å². The molecule has 26 heavy (non-hydrogen) atoms. The first kappa shape index (κ1) is 19.0. The van der Waals surface area contributed by atoms with E-state index in [1.54, 1.807) is 11.3 Å². The van der Waals surface area contributed by atoms with E-state index in [2.05, 4.69) is 44.3 Å². The Balaban J connectivity index is 1.56. The van der Waals surface area contributed by atoms with Crippen LogP contribution in [0.5, 0.6) is 0 Å². The zero-order chi connectivity index (χ0) is 18.4. The highest BCUT2D eigenvalue weighted by Gasteiger charge is 2.24. The Kier molecular flexibility index (Phi) is 6.73. The molecule has 1 aromatic carbocycles. The van der Waals surface area contributed by atoms with E-state index in [1.807, 2.05) is 19.9 Å². The number of carbonyl (C=O) groups excluding carboxylic acids is 1. The van der Waals surface area contributed by atoms with Crippen molar-refractivity contribution in [3.05, 3.63) is 30.3 Å². The highest BCUT2D eigenvalue weighted by molar-refractivity contribution is 8.02. The minimum atomic E-state index is -0.217. The topological polar surface area (TPSA) is 58.6 Å². The van der Waals surface area contributed by atoms with Crippen molar-refractivity contribution in [1.29, 1.82) is 0 Å². The Bertz CT molecular complexity index is 702. The van der Waals surface area contributed by atoms with Gasteiger partial charge in [-0.3, -0.25) is 4.79 Å². The average Bonchev–Trinajstić information content (AvgIpc) is 3.16. The van der Waals surface area contributed by atoms with Crippen molar-refractivity contribution >= 4 is 39.9 Å². The monoisotopic (exact) mass is 392 g/mol. The number of esters is 1. The van der Waals surface area contributed by atoms with Crippen molar-refractivity contribution in [1.82, 2.24) is 10.2 Å². The second-order valence-electron chi connectivity index (χ2n) is 5.93. The number of rotatable bonds is 7. The van der Waals surface area contributed by atoms with Crippen LogP contribution < -0.4 is 9.80 Å². The van der Waals surface area contributed by atoms with Crippen molar-refractivity contribution in [2.45, 2.75) is 29.9 Å². The van der Waals surface area contributed by atoms with Crippen LogP contribution in [-0.4, -0.2) is 54.2 Å². The Morgan fingerprint density at radius 1 is 1.15 bits per heavy atom. The number of nitrogens with zero attached hydrogens (tertiary/aromatic N) is 4. The summed E-state index contributed by atoms with van der Waals surface area (Å²) in [5, 5.41) is 9.31. The van der Waals surface area contributed by atoms with Gasteiger partial charge in [-0.25, -0.2) is 0 Å². The first-order chi connectivity index (χ1) is 12.7. The second kappa shape index (κ2) is 9.23. The van der Waals surface area contributed by atoms with Gasteiger partial charge in [0.15, 0.2) is 4.34 Å². The van der Waals surface area contributed by atoms with Gasteiger partial charge < -0.3 is 14.5 Å². The van der Waals surface area contributed by atoms with E-state index in [0.717, 1.165) is 35.7 Å². The Labute approximate surface area is 162 Å². The molecular weight excluding hydrogens is 368 g/mol. The van der Waals surface area contributed by atoms with E-state index >= 15 is 0 Å². The third-order valence-electron chi connectivity index (χ3n) is 4.23. The summed E-state index contributed by atoms with van der Waals surface area (Å²) in [6.45, 7) is 7.99. The molecule has 1 aromatic heterocycles. The second-order valence-corrected chi connectivity index (χ2v) is 8.33. The van der Waals surface area contributed by atoms with Gasteiger partial charge in [-0.05, 0) is 25.5 Å². The van der Waals surface area contributed by atoms with Gasteiger partial charge in [-0.1, -0.05) is 48.2 Å². The molecule has 1 aliphatic heterocycles. The van der Waals surface area contributed by atoms with E-state index in [1.165, 1.54) is 17.4 Å². The number of para-hydroxylation sites is 1. The molecule has 0 N–H and O–H groups in total. The molecule has 2 aromatic rings. The summed E-state index contributed by atoms with van der Waals surface area (Å²) in [5.41, 5.74) is 1.26. The van der Waals surface area contributed by atoms with E-state index in [4.69, 9.17) is 4.74 Å². The fourth-order valence-corrected chi connectivity index (χ4v) is 4.89. The number of benzene rings is 1. The molecule has 3 rings (SSSR count). The molecule has 0 amide bonds. The molecule has 0 radical (unpaired) electrons. The molecule has 1 saturated heterocycles. The fraction of sp³-hybridized carbons (Fsp3) is 0.500. The Morgan fingerprint density at radius 2 is 1.85 bits per heavy atom. The van der Waals surface area contributed by atoms with Gasteiger partial charge >= 0.3 is 5.97 Å². The number of hydrogen-bond donors (Lipinski definition) is 0. The van der Waals surface area contributed by atoms with Crippen molar-refractivity contribution in [2.75, 3.05) is 42.6 Å². The Hall–Kier alpha value is -1.80. The molecule has 8 heteroatoms. The minimum absolute atomic E-state index is 0.173. The zero-order valence-electron chi connectivity index (χ0n) is 15.1. The van der Waals surface area contributed by atoms with Crippen LogP contribution in [0.25, 0.3) is 0 Å². The highest BCUT2D eigenvalue weighted by atomic mass is 32.2. The number of anilines is 2. The first-order valence-corrected chi connectivity index (χ1v) is 10.6. The van der Waals surface area contributed by atoms with Crippen LogP contribution >= 0.6 is 23.1 Å². The van der Waals surface area contributed by atoms with Crippen molar-refractivity contribution in [2.24, 2.45) is 0 Å². The van der Waals surface area contributed by atoms with Crippen LogP contribution in [0.2, 0.25) is 0 Å². The average molecular weight is 393 g/mol. The normalized spacial score (nSPS) is 15.8. The molecule has 1 atom stereocenters. The molecule has 0 spiro atoms.